The number of pyridine rings is 3. The molecule has 6 nitrogen and oxygen atoms in total. The van der Waals surface area contributed by atoms with E-state index in [9.17, 15) is 4.57 Å². The summed E-state index contributed by atoms with van der Waals surface area (Å²) in [4.78, 5) is 14.0. The van der Waals surface area contributed by atoms with Crippen molar-refractivity contribution in [3.8, 4) is 28.6 Å². The van der Waals surface area contributed by atoms with E-state index in [1.54, 1.807) is 12.4 Å². The van der Waals surface area contributed by atoms with Crippen molar-refractivity contribution in [2.45, 2.75) is 0 Å². The number of aromatic nitrogens is 4. The fraction of sp³-hybridized carbons (Fsp3) is 0. The van der Waals surface area contributed by atoms with Gasteiger partial charge in [0.05, 0.1) is 5.52 Å². The third-order valence-electron chi connectivity index (χ3n) is 7.41. The third-order valence-corrected chi connectivity index (χ3v) is 10.4. The summed E-state index contributed by atoms with van der Waals surface area (Å²) in [7, 11) is -3.16. The normalized spacial score (nSPS) is 15.7. The fourth-order valence-electron chi connectivity index (χ4n) is 5.67. The van der Waals surface area contributed by atoms with Gasteiger partial charge in [-0.3, -0.25) is 9.55 Å². The average Bonchev–Trinajstić information content (AvgIpc) is 3.48. The van der Waals surface area contributed by atoms with Gasteiger partial charge in [0.15, 0.2) is 12.8 Å². The maximum atomic E-state index is 14.8. The second kappa shape index (κ2) is 8.73. The first-order chi connectivity index (χ1) is 19.7. The minimum Gasteiger partial charge on any atom is -0.439 e. The molecule has 40 heavy (non-hydrogen) atoms. The SMILES string of the molecule is O=P1(c2ccccn2)c2ccccc2-c2ccc(Oc3ccc4c5ccccc5n(-c5ccccn5)c4n3)cc21. The molecule has 1 atom stereocenters. The number of hydrogen-bond acceptors (Lipinski definition) is 5. The molecular weight excluding hydrogens is 515 g/mol. The van der Waals surface area contributed by atoms with Crippen LogP contribution in [0.25, 0.3) is 38.9 Å². The van der Waals surface area contributed by atoms with Gasteiger partial charge in [-0.25, -0.2) is 4.98 Å². The van der Waals surface area contributed by atoms with Gasteiger partial charge in [0.1, 0.15) is 17.0 Å². The Bertz CT molecular complexity index is 2120. The molecule has 0 spiro atoms. The molecule has 0 N–H and O–H groups in total. The minimum absolute atomic E-state index is 0.440. The van der Waals surface area contributed by atoms with Crippen LogP contribution in [0, 0.1) is 0 Å². The summed E-state index contributed by atoms with van der Waals surface area (Å²) in [6, 6.07) is 37.1. The molecule has 7 heteroatoms. The van der Waals surface area contributed by atoms with Crippen LogP contribution in [0.3, 0.4) is 0 Å². The van der Waals surface area contributed by atoms with E-state index < -0.39 is 7.14 Å². The van der Waals surface area contributed by atoms with Crippen LogP contribution in [0.1, 0.15) is 0 Å². The molecule has 7 aromatic rings. The largest absolute Gasteiger partial charge is 0.439 e. The molecule has 0 aliphatic carbocycles. The predicted octanol–water partition coefficient (Wildman–Crippen LogP) is 6.38. The minimum atomic E-state index is -3.16. The molecule has 3 aromatic carbocycles. The smallest absolute Gasteiger partial charge is 0.221 e. The summed E-state index contributed by atoms with van der Waals surface area (Å²) in [6.45, 7) is 0. The number of rotatable bonds is 4. The summed E-state index contributed by atoms with van der Waals surface area (Å²) in [5, 5.41) is 3.64. The molecule has 1 unspecified atom stereocenters. The molecule has 0 saturated heterocycles. The molecule has 0 amide bonds. The van der Waals surface area contributed by atoms with Gasteiger partial charge in [-0.2, -0.15) is 4.98 Å². The van der Waals surface area contributed by atoms with Gasteiger partial charge in [-0.15, -0.1) is 0 Å². The van der Waals surface area contributed by atoms with Gasteiger partial charge in [0.25, 0.3) is 0 Å². The Balaban J connectivity index is 1.27. The van der Waals surface area contributed by atoms with E-state index in [0.29, 0.717) is 17.1 Å². The summed E-state index contributed by atoms with van der Waals surface area (Å²) in [5.74, 6) is 1.79. The van der Waals surface area contributed by atoms with Crippen LogP contribution >= 0.6 is 7.14 Å². The Morgan fingerprint density at radius 1 is 0.650 bits per heavy atom. The van der Waals surface area contributed by atoms with Crippen molar-refractivity contribution >= 4 is 45.1 Å². The van der Waals surface area contributed by atoms with Crippen LogP contribution in [0.5, 0.6) is 11.6 Å². The molecule has 0 bridgehead atoms. The first kappa shape index (κ1) is 22.9. The summed E-state index contributed by atoms with van der Waals surface area (Å²) >= 11 is 0. The zero-order chi connectivity index (χ0) is 26.7. The van der Waals surface area contributed by atoms with Gasteiger partial charge in [0.2, 0.25) is 5.88 Å². The summed E-state index contributed by atoms with van der Waals surface area (Å²) in [6.07, 6.45) is 3.47. The second-order valence-corrected chi connectivity index (χ2v) is 12.3. The van der Waals surface area contributed by atoms with Crippen LogP contribution < -0.4 is 20.8 Å². The molecule has 0 radical (unpaired) electrons. The van der Waals surface area contributed by atoms with Gasteiger partial charge in [0, 0.05) is 39.8 Å². The maximum absolute atomic E-state index is 14.8. The maximum Gasteiger partial charge on any atom is 0.221 e. The fourth-order valence-corrected chi connectivity index (χ4v) is 8.63. The molecule has 1 aliphatic heterocycles. The van der Waals surface area contributed by atoms with Crippen molar-refractivity contribution in [3.05, 3.63) is 128 Å². The molecule has 5 heterocycles. The number of nitrogens with zero attached hydrogens (tertiary/aromatic N) is 4. The highest BCUT2D eigenvalue weighted by molar-refractivity contribution is 7.86. The zero-order valence-corrected chi connectivity index (χ0v) is 22.1. The van der Waals surface area contributed by atoms with Crippen LogP contribution in [0.2, 0.25) is 0 Å². The Morgan fingerprint density at radius 2 is 1.43 bits per heavy atom. The third kappa shape index (κ3) is 3.30. The van der Waals surface area contributed by atoms with Crippen molar-refractivity contribution < 1.29 is 9.30 Å². The van der Waals surface area contributed by atoms with E-state index in [1.165, 1.54) is 0 Å². The summed E-state index contributed by atoms with van der Waals surface area (Å²) < 4.78 is 23.2. The standard InChI is InChI=1S/C33H21N4O2P/c38-40(32-14-6-8-20-35-32)28-12-4-2-10-24(28)25-16-15-22(21-29(25)40)39-31-18-17-26-23-9-1-3-11-27(23)37(33(26)36-31)30-13-5-7-19-34-30/h1-21H. The Morgan fingerprint density at radius 3 is 2.27 bits per heavy atom. The van der Waals surface area contributed by atoms with Crippen molar-refractivity contribution in [3.63, 3.8) is 0 Å². The highest BCUT2D eigenvalue weighted by atomic mass is 31.2. The van der Waals surface area contributed by atoms with E-state index in [-0.39, 0.29) is 0 Å². The van der Waals surface area contributed by atoms with E-state index in [2.05, 4.69) is 22.1 Å². The van der Waals surface area contributed by atoms with Crippen molar-refractivity contribution in [1.29, 1.82) is 0 Å². The van der Waals surface area contributed by atoms with Crippen LogP contribution in [-0.4, -0.2) is 19.5 Å². The number of para-hydroxylation sites is 1. The van der Waals surface area contributed by atoms with Crippen LogP contribution in [0.4, 0.5) is 0 Å². The van der Waals surface area contributed by atoms with Crippen molar-refractivity contribution in [2.75, 3.05) is 0 Å². The van der Waals surface area contributed by atoms with E-state index >= 15 is 0 Å². The first-order valence-electron chi connectivity index (χ1n) is 13.0. The van der Waals surface area contributed by atoms with Gasteiger partial charge < -0.3 is 9.30 Å². The van der Waals surface area contributed by atoms with Gasteiger partial charge >= 0.3 is 0 Å². The lowest BCUT2D eigenvalue weighted by Gasteiger charge is -2.15. The lowest BCUT2D eigenvalue weighted by atomic mass is 10.1. The van der Waals surface area contributed by atoms with E-state index in [4.69, 9.17) is 9.72 Å². The van der Waals surface area contributed by atoms with E-state index in [1.807, 2.05) is 108 Å². The average molecular weight is 537 g/mol. The van der Waals surface area contributed by atoms with Gasteiger partial charge in [-0.05, 0) is 65.7 Å². The van der Waals surface area contributed by atoms with Crippen molar-refractivity contribution in [2.24, 2.45) is 0 Å². The molecule has 0 saturated carbocycles. The Hall–Kier alpha value is -5.06. The first-order valence-corrected chi connectivity index (χ1v) is 14.7. The Kier molecular flexibility index (Phi) is 5.00. The topological polar surface area (TPSA) is 69.9 Å². The quantitative estimate of drug-likeness (QED) is 0.244. The number of ether oxygens (including phenoxy) is 1. The molecule has 8 rings (SSSR count). The number of benzene rings is 3. The zero-order valence-electron chi connectivity index (χ0n) is 21.2. The van der Waals surface area contributed by atoms with Crippen LogP contribution in [-0.2, 0) is 4.57 Å². The Labute approximate surface area is 229 Å². The van der Waals surface area contributed by atoms with E-state index in [0.717, 1.165) is 49.5 Å². The molecule has 190 valence electrons. The molecule has 0 fully saturated rings. The number of hydrogen-bond donors (Lipinski definition) is 0. The highest BCUT2D eigenvalue weighted by Crippen LogP contribution is 2.52. The number of fused-ring (bicyclic) bond motifs is 6. The lowest BCUT2D eigenvalue weighted by Crippen LogP contribution is -2.23. The molecule has 1 aliphatic rings. The van der Waals surface area contributed by atoms with Crippen LogP contribution in [0.15, 0.2) is 128 Å². The van der Waals surface area contributed by atoms with Crippen molar-refractivity contribution in [1.82, 2.24) is 19.5 Å². The predicted molar refractivity (Wildman–Crippen MR) is 159 cm³/mol. The molecular formula is C33H21N4O2P. The van der Waals surface area contributed by atoms with Gasteiger partial charge in [-0.1, -0.05) is 54.6 Å². The second-order valence-electron chi connectivity index (χ2n) is 9.66. The highest BCUT2D eigenvalue weighted by Gasteiger charge is 2.41. The monoisotopic (exact) mass is 536 g/mol. The molecule has 4 aromatic heterocycles. The summed E-state index contributed by atoms with van der Waals surface area (Å²) in [5.41, 5.74) is 4.25. The lowest BCUT2D eigenvalue weighted by molar-refractivity contribution is 0.465.